The molecule has 0 bridgehead atoms. The van der Waals surface area contributed by atoms with Crippen LogP contribution in [-0.4, -0.2) is 51.8 Å². The number of anilines is 1. The lowest BCUT2D eigenvalue weighted by atomic mass is 10.3. The SMILES string of the molecule is Cc1cc(C)n(CCC(=O)N2CCCN(c3nccs3)CC2)n1. The minimum Gasteiger partial charge on any atom is -0.346 e. The molecular weight excluding hydrogens is 310 g/mol. The molecular formula is C16H23N5OS. The first-order chi connectivity index (χ1) is 11.1. The Balaban J connectivity index is 1.53. The zero-order chi connectivity index (χ0) is 16.2. The van der Waals surface area contributed by atoms with Crippen molar-refractivity contribution in [1.82, 2.24) is 19.7 Å². The normalized spacial score (nSPS) is 15.7. The van der Waals surface area contributed by atoms with Gasteiger partial charge in [-0.3, -0.25) is 9.48 Å². The number of rotatable bonds is 4. The van der Waals surface area contributed by atoms with Crippen molar-refractivity contribution in [2.24, 2.45) is 0 Å². The van der Waals surface area contributed by atoms with Crippen LogP contribution in [0, 0.1) is 13.8 Å². The lowest BCUT2D eigenvalue weighted by Crippen LogP contribution is -2.35. The van der Waals surface area contributed by atoms with E-state index in [1.165, 1.54) is 0 Å². The van der Waals surface area contributed by atoms with Crippen molar-refractivity contribution in [3.63, 3.8) is 0 Å². The van der Waals surface area contributed by atoms with Crippen molar-refractivity contribution < 1.29 is 4.79 Å². The summed E-state index contributed by atoms with van der Waals surface area (Å²) in [5.74, 6) is 0.221. The number of amides is 1. The molecule has 124 valence electrons. The summed E-state index contributed by atoms with van der Waals surface area (Å²) < 4.78 is 1.92. The van der Waals surface area contributed by atoms with Gasteiger partial charge >= 0.3 is 0 Å². The van der Waals surface area contributed by atoms with Gasteiger partial charge in [0.25, 0.3) is 0 Å². The molecule has 2 aromatic rings. The van der Waals surface area contributed by atoms with E-state index in [-0.39, 0.29) is 5.91 Å². The fraction of sp³-hybridized carbons (Fsp3) is 0.562. The second-order valence-electron chi connectivity index (χ2n) is 5.94. The van der Waals surface area contributed by atoms with E-state index < -0.39 is 0 Å². The highest BCUT2D eigenvalue weighted by atomic mass is 32.1. The summed E-state index contributed by atoms with van der Waals surface area (Å²) in [5.41, 5.74) is 2.12. The fourth-order valence-electron chi connectivity index (χ4n) is 2.99. The molecule has 7 heteroatoms. The quantitative estimate of drug-likeness (QED) is 0.860. The van der Waals surface area contributed by atoms with Gasteiger partial charge in [-0.1, -0.05) is 0 Å². The highest BCUT2D eigenvalue weighted by Crippen LogP contribution is 2.19. The van der Waals surface area contributed by atoms with E-state index >= 15 is 0 Å². The average molecular weight is 333 g/mol. The van der Waals surface area contributed by atoms with E-state index in [9.17, 15) is 4.79 Å². The van der Waals surface area contributed by atoms with E-state index in [0.717, 1.165) is 49.1 Å². The Kier molecular flexibility index (Phi) is 4.95. The van der Waals surface area contributed by atoms with Crippen LogP contribution in [0.5, 0.6) is 0 Å². The van der Waals surface area contributed by atoms with Crippen LogP contribution < -0.4 is 4.90 Å². The van der Waals surface area contributed by atoms with E-state index in [0.29, 0.717) is 13.0 Å². The first-order valence-electron chi connectivity index (χ1n) is 8.07. The largest absolute Gasteiger partial charge is 0.346 e. The van der Waals surface area contributed by atoms with Gasteiger partial charge in [0.15, 0.2) is 5.13 Å². The number of carbonyl (C=O) groups is 1. The molecule has 1 fully saturated rings. The maximum atomic E-state index is 12.5. The van der Waals surface area contributed by atoms with Gasteiger partial charge < -0.3 is 9.80 Å². The highest BCUT2D eigenvalue weighted by molar-refractivity contribution is 7.13. The predicted octanol–water partition coefficient (Wildman–Crippen LogP) is 2.09. The predicted molar refractivity (Wildman–Crippen MR) is 91.8 cm³/mol. The Morgan fingerprint density at radius 2 is 2.13 bits per heavy atom. The zero-order valence-corrected chi connectivity index (χ0v) is 14.6. The van der Waals surface area contributed by atoms with Gasteiger partial charge in [-0.15, -0.1) is 11.3 Å². The third-order valence-corrected chi connectivity index (χ3v) is 5.01. The van der Waals surface area contributed by atoms with Gasteiger partial charge in [-0.25, -0.2) is 4.98 Å². The van der Waals surface area contributed by atoms with E-state index in [1.807, 2.05) is 41.1 Å². The standard InChI is InChI=1S/C16H23N5OS/c1-13-12-14(2)21(18-13)8-4-15(22)19-6-3-7-20(10-9-19)16-17-5-11-23-16/h5,11-12H,3-4,6-10H2,1-2H3. The molecule has 2 aromatic heterocycles. The highest BCUT2D eigenvalue weighted by Gasteiger charge is 2.20. The Labute approximate surface area is 140 Å². The number of thiazole rings is 1. The average Bonchev–Trinajstić information content (AvgIpc) is 3.08. The number of aryl methyl sites for hydroxylation is 3. The lowest BCUT2D eigenvalue weighted by molar-refractivity contribution is -0.131. The number of nitrogens with zero attached hydrogens (tertiary/aromatic N) is 5. The Bertz CT molecular complexity index is 651. The smallest absolute Gasteiger partial charge is 0.224 e. The fourth-order valence-corrected chi connectivity index (χ4v) is 3.69. The Morgan fingerprint density at radius 3 is 2.83 bits per heavy atom. The maximum absolute atomic E-state index is 12.5. The minimum absolute atomic E-state index is 0.221. The third-order valence-electron chi connectivity index (χ3n) is 4.18. The molecule has 3 rings (SSSR count). The zero-order valence-electron chi connectivity index (χ0n) is 13.7. The Hall–Kier alpha value is -1.89. The van der Waals surface area contributed by atoms with Crippen molar-refractivity contribution in [1.29, 1.82) is 0 Å². The topological polar surface area (TPSA) is 54.3 Å². The molecule has 0 N–H and O–H groups in total. The van der Waals surface area contributed by atoms with E-state index in [2.05, 4.69) is 15.0 Å². The van der Waals surface area contributed by atoms with Crippen LogP contribution in [0.15, 0.2) is 17.6 Å². The maximum Gasteiger partial charge on any atom is 0.224 e. The van der Waals surface area contributed by atoms with Crippen LogP contribution in [0.3, 0.4) is 0 Å². The van der Waals surface area contributed by atoms with Gasteiger partial charge in [0, 0.05) is 56.4 Å². The van der Waals surface area contributed by atoms with Crippen LogP contribution in [0.2, 0.25) is 0 Å². The molecule has 23 heavy (non-hydrogen) atoms. The van der Waals surface area contributed by atoms with Crippen LogP contribution in [0.25, 0.3) is 0 Å². The summed E-state index contributed by atoms with van der Waals surface area (Å²) in [4.78, 5) is 21.1. The van der Waals surface area contributed by atoms with Crippen LogP contribution in [0.4, 0.5) is 5.13 Å². The van der Waals surface area contributed by atoms with Crippen molar-refractivity contribution in [2.75, 3.05) is 31.1 Å². The van der Waals surface area contributed by atoms with Crippen LogP contribution in [0.1, 0.15) is 24.2 Å². The van der Waals surface area contributed by atoms with Crippen molar-refractivity contribution in [2.45, 2.75) is 33.2 Å². The summed E-state index contributed by atoms with van der Waals surface area (Å²) in [6.45, 7) is 8.10. The molecule has 0 unspecified atom stereocenters. The van der Waals surface area contributed by atoms with Crippen molar-refractivity contribution in [3.8, 4) is 0 Å². The van der Waals surface area contributed by atoms with Gasteiger partial charge in [0.2, 0.25) is 5.91 Å². The molecule has 0 saturated carbocycles. The molecule has 1 amide bonds. The van der Waals surface area contributed by atoms with Crippen LogP contribution >= 0.6 is 11.3 Å². The van der Waals surface area contributed by atoms with Gasteiger partial charge in [0.1, 0.15) is 0 Å². The summed E-state index contributed by atoms with van der Waals surface area (Å²) in [6, 6.07) is 2.04. The van der Waals surface area contributed by atoms with Gasteiger partial charge in [-0.2, -0.15) is 5.10 Å². The molecule has 0 spiro atoms. The number of carbonyl (C=O) groups excluding carboxylic acids is 1. The first-order valence-corrected chi connectivity index (χ1v) is 8.95. The Morgan fingerprint density at radius 1 is 1.26 bits per heavy atom. The molecule has 0 radical (unpaired) electrons. The molecule has 0 aliphatic carbocycles. The number of hydrogen-bond donors (Lipinski definition) is 0. The monoisotopic (exact) mass is 333 g/mol. The number of aromatic nitrogens is 3. The molecule has 0 atom stereocenters. The third kappa shape index (κ3) is 3.90. The second-order valence-corrected chi connectivity index (χ2v) is 6.81. The second kappa shape index (κ2) is 7.12. The first kappa shape index (κ1) is 16.0. The van der Waals surface area contributed by atoms with Crippen LogP contribution in [-0.2, 0) is 11.3 Å². The summed E-state index contributed by atoms with van der Waals surface area (Å²) >= 11 is 1.66. The number of hydrogen-bond acceptors (Lipinski definition) is 5. The molecule has 6 nitrogen and oxygen atoms in total. The summed E-state index contributed by atoms with van der Waals surface area (Å²) in [6.07, 6.45) is 3.34. The molecule has 1 aliphatic rings. The molecule has 3 heterocycles. The molecule has 0 aromatic carbocycles. The van der Waals surface area contributed by atoms with Gasteiger partial charge in [0.05, 0.1) is 5.69 Å². The summed E-state index contributed by atoms with van der Waals surface area (Å²) in [5, 5.41) is 7.48. The molecule has 1 aliphatic heterocycles. The van der Waals surface area contributed by atoms with E-state index in [1.54, 1.807) is 11.3 Å². The van der Waals surface area contributed by atoms with E-state index in [4.69, 9.17) is 0 Å². The minimum atomic E-state index is 0.221. The van der Waals surface area contributed by atoms with Gasteiger partial charge in [-0.05, 0) is 26.3 Å². The molecule has 1 saturated heterocycles. The lowest BCUT2D eigenvalue weighted by Gasteiger charge is -2.21. The van der Waals surface area contributed by atoms with Crippen molar-refractivity contribution >= 4 is 22.4 Å². The summed E-state index contributed by atoms with van der Waals surface area (Å²) in [7, 11) is 0. The van der Waals surface area contributed by atoms with Crippen molar-refractivity contribution in [3.05, 3.63) is 29.0 Å².